The van der Waals surface area contributed by atoms with Crippen LogP contribution in [-0.4, -0.2) is 47.8 Å². The minimum Gasteiger partial charge on any atom is -0.464 e. The molecule has 0 aromatic carbocycles. The van der Waals surface area contributed by atoms with Crippen LogP contribution in [0.15, 0.2) is 0 Å². The largest absolute Gasteiger partial charge is 0.464 e. The van der Waals surface area contributed by atoms with Gasteiger partial charge in [0.2, 0.25) is 5.91 Å². The zero-order chi connectivity index (χ0) is 17.3. The molecule has 0 atom stereocenters. The number of methoxy groups -OCH3 is 1. The van der Waals surface area contributed by atoms with E-state index < -0.39 is 5.97 Å². The zero-order valence-corrected chi connectivity index (χ0v) is 14.4. The van der Waals surface area contributed by atoms with E-state index in [4.69, 9.17) is 4.74 Å². The van der Waals surface area contributed by atoms with E-state index in [1.807, 2.05) is 13.8 Å². The van der Waals surface area contributed by atoms with Crippen molar-refractivity contribution in [1.29, 1.82) is 0 Å². The Kier molecular flexibility index (Phi) is 4.92. The molecule has 1 aliphatic carbocycles. The maximum atomic E-state index is 12.7. The number of likely N-dealkylation sites (N-methyl/N-ethyl adjacent to an activating group) is 1. The van der Waals surface area contributed by atoms with E-state index in [2.05, 4.69) is 0 Å². The monoisotopic (exact) mass is 320 g/mol. The number of aromatic nitrogens is 1. The average Bonchev–Trinajstić information content (AvgIpc) is 3.31. The van der Waals surface area contributed by atoms with Gasteiger partial charge in [0.05, 0.1) is 13.7 Å². The molecule has 1 saturated carbocycles. The summed E-state index contributed by atoms with van der Waals surface area (Å²) in [5.74, 6) is -0.486. The summed E-state index contributed by atoms with van der Waals surface area (Å²) in [5.41, 5.74) is 2.28. The summed E-state index contributed by atoms with van der Waals surface area (Å²) >= 11 is 0. The first kappa shape index (κ1) is 17.2. The van der Waals surface area contributed by atoms with Crippen molar-refractivity contribution >= 4 is 17.7 Å². The van der Waals surface area contributed by atoms with Crippen LogP contribution in [0, 0.1) is 19.8 Å². The van der Waals surface area contributed by atoms with Gasteiger partial charge in [-0.05, 0) is 39.2 Å². The summed E-state index contributed by atoms with van der Waals surface area (Å²) in [6, 6.07) is 0. The van der Waals surface area contributed by atoms with Gasteiger partial charge in [-0.25, -0.2) is 4.79 Å². The van der Waals surface area contributed by atoms with Crippen molar-refractivity contribution in [3.8, 4) is 0 Å². The van der Waals surface area contributed by atoms with Crippen LogP contribution in [0.4, 0.5) is 0 Å². The molecule has 0 aliphatic heterocycles. The molecule has 6 nitrogen and oxygen atoms in total. The van der Waals surface area contributed by atoms with E-state index in [1.165, 1.54) is 12.0 Å². The highest BCUT2D eigenvalue weighted by Crippen LogP contribution is 2.31. The molecule has 2 rings (SSSR count). The molecule has 1 heterocycles. The summed E-state index contributed by atoms with van der Waals surface area (Å²) < 4.78 is 6.62. The summed E-state index contributed by atoms with van der Waals surface area (Å²) in [6.07, 6.45) is 1.82. The van der Waals surface area contributed by atoms with Crippen molar-refractivity contribution in [2.24, 2.45) is 5.92 Å². The number of hydrogen-bond donors (Lipinski definition) is 0. The molecule has 6 heteroatoms. The summed E-state index contributed by atoms with van der Waals surface area (Å²) in [6.45, 7) is 6.09. The summed E-state index contributed by atoms with van der Waals surface area (Å²) in [5, 5.41) is 0. The van der Waals surface area contributed by atoms with Crippen molar-refractivity contribution in [3.05, 3.63) is 22.5 Å². The summed E-state index contributed by atoms with van der Waals surface area (Å²) in [7, 11) is 2.98. The van der Waals surface area contributed by atoms with Crippen molar-refractivity contribution in [3.63, 3.8) is 0 Å². The van der Waals surface area contributed by atoms with Crippen LogP contribution >= 0.6 is 0 Å². The van der Waals surface area contributed by atoms with Gasteiger partial charge in [0.25, 0.3) is 0 Å². The van der Waals surface area contributed by atoms with Crippen LogP contribution in [0.1, 0.15) is 51.9 Å². The predicted molar refractivity (Wildman–Crippen MR) is 85.6 cm³/mol. The average molecular weight is 320 g/mol. The maximum absolute atomic E-state index is 12.7. The second-order valence-electron chi connectivity index (χ2n) is 6.06. The SMILES string of the molecule is CCn1c(C)c(C(=O)CN(C)C(=O)C2CC2)c(C)c1C(=O)OC. The topological polar surface area (TPSA) is 68.6 Å². The van der Waals surface area contributed by atoms with Gasteiger partial charge in [-0.3, -0.25) is 9.59 Å². The highest BCUT2D eigenvalue weighted by atomic mass is 16.5. The highest BCUT2D eigenvalue weighted by Gasteiger charge is 2.33. The number of rotatable bonds is 6. The lowest BCUT2D eigenvalue weighted by molar-refractivity contribution is -0.130. The number of hydrogen-bond acceptors (Lipinski definition) is 4. The van der Waals surface area contributed by atoms with Crippen molar-refractivity contribution in [2.45, 2.75) is 40.2 Å². The van der Waals surface area contributed by atoms with Crippen LogP contribution in [0.3, 0.4) is 0 Å². The van der Waals surface area contributed by atoms with Crippen LogP contribution in [0.2, 0.25) is 0 Å². The number of amides is 1. The van der Waals surface area contributed by atoms with Gasteiger partial charge in [0.1, 0.15) is 5.69 Å². The van der Waals surface area contributed by atoms with E-state index in [0.717, 1.165) is 18.5 Å². The number of nitrogens with zero attached hydrogens (tertiary/aromatic N) is 2. The standard InChI is InChI=1S/C17H24N2O4/c1-6-19-11(3)14(10(2)15(19)17(22)23-5)13(20)9-18(4)16(21)12-7-8-12/h12H,6-9H2,1-5H3. The van der Waals surface area contributed by atoms with Crippen LogP contribution < -0.4 is 0 Å². The molecule has 1 aromatic heterocycles. The fraction of sp³-hybridized carbons (Fsp3) is 0.588. The fourth-order valence-corrected chi connectivity index (χ4v) is 3.08. The Morgan fingerprint density at radius 2 is 1.87 bits per heavy atom. The Morgan fingerprint density at radius 3 is 2.35 bits per heavy atom. The molecule has 0 radical (unpaired) electrons. The number of Topliss-reactive ketones (excluding diaryl/α,β-unsaturated/α-hetero) is 1. The Balaban J connectivity index is 2.31. The van der Waals surface area contributed by atoms with Gasteiger partial charge in [0, 0.05) is 30.8 Å². The van der Waals surface area contributed by atoms with Gasteiger partial charge in [-0.1, -0.05) is 0 Å². The number of carbonyl (C=O) groups excluding carboxylic acids is 3. The van der Waals surface area contributed by atoms with Gasteiger partial charge in [-0.2, -0.15) is 0 Å². The Morgan fingerprint density at radius 1 is 1.26 bits per heavy atom. The highest BCUT2D eigenvalue weighted by molar-refractivity contribution is 6.04. The second-order valence-corrected chi connectivity index (χ2v) is 6.06. The van der Waals surface area contributed by atoms with E-state index in [1.54, 1.807) is 18.5 Å². The molecule has 1 amide bonds. The molecule has 0 spiro atoms. The van der Waals surface area contributed by atoms with Gasteiger partial charge in [-0.15, -0.1) is 0 Å². The first-order valence-corrected chi connectivity index (χ1v) is 7.89. The third-order valence-corrected chi connectivity index (χ3v) is 4.42. The Bertz CT molecular complexity index is 656. The first-order valence-electron chi connectivity index (χ1n) is 7.89. The Labute approximate surface area is 136 Å². The number of ether oxygens (including phenoxy) is 1. The van der Waals surface area contributed by atoms with Gasteiger partial charge in [0.15, 0.2) is 5.78 Å². The van der Waals surface area contributed by atoms with Gasteiger partial charge >= 0.3 is 5.97 Å². The molecular formula is C17H24N2O4. The van der Waals surface area contributed by atoms with Crippen LogP contribution in [-0.2, 0) is 16.1 Å². The smallest absolute Gasteiger partial charge is 0.354 e. The second kappa shape index (κ2) is 6.56. The van der Waals surface area contributed by atoms with E-state index in [0.29, 0.717) is 23.4 Å². The third kappa shape index (κ3) is 3.16. The molecule has 1 fully saturated rings. The lowest BCUT2D eigenvalue weighted by Gasteiger charge is -2.16. The predicted octanol–water partition coefficient (Wildman–Crippen LogP) is 1.96. The molecule has 0 unspecified atom stereocenters. The quantitative estimate of drug-likeness (QED) is 0.593. The molecule has 1 aliphatic rings. The minimum atomic E-state index is -0.450. The number of esters is 1. The molecule has 0 N–H and O–H groups in total. The van der Waals surface area contributed by atoms with Crippen molar-refractivity contribution < 1.29 is 19.1 Å². The number of ketones is 1. The van der Waals surface area contributed by atoms with E-state index in [9.17, 15) is 14.4 Å². The summed E-state index contributed by atoms with van der Waals surface area (Å²) in [4.78, 5) is 38.2. The minimum absolute atomic E-state index is 0.0248. The molecule has 1 aromatic rings. The first-order chi connectivity index (χ1) is 10.8. The number of carbonyl (C=O) groups is 3. The lowest BCUT2D eigenvalue weighted by atomic mass is 10.1. The lowest BCUT2D eigenvalue weighted by Crippen LogP contribution is -2.33. The molecule has 0 saturated heterocycles. The van der Waals surface area contributed by atoms with Crippen molar-refractivity contribution in [1.82, 2.24) is 9.47 Å². The van der Waals surface area contributed by atoms with Gasteiger partial charge < -0.3 is 14.2 Å². The van der Waals surface area contributed by atoms with E-state index in [-0.39, 0.29) is 24.2 Å². The third-order valence-electron chi connectivity index (χ3n) is 4.42. The molecular weight excluding hydrogens is 296 g/mol. The zero-order valence-electron chi connectivity index (χ0n) is 14.4. The molecule has 23 heavy (non-hydrogen) atoms. The molecule has 126 valence electrons. The Hall–Kier alpha value is -2.11. The van der Waals surface area contributed by atoms with Crippen molar-refractivity contribution in [2.75, 3.05) is 20.7 Å². The van der Waals surface area contributed by atoms with Crippen LogP contribution in [0.5, 0.6) is 0 Å². The normalized spacial score (nSPS) is 13.8. The van der Waals surface area contributed by atoms with Crippen LogP contribution in [0.25, 0.3) is 0 Å². The fourth-order valence-electron chi connectivity index (χ4n) is 3.08. The van der Waals surface area contributed by atoms with E-state index >= 15 is 0 Å². The maximum Gasteiger partial charge on any atom is 0.354 e. The molecule has 0 bridgehead atoms.